The highest BCUT2D eigenvalue weighted by Gasteiger charge is 2.12. The van der Waals surface area contributed by atoms with Gasteiger partial charge < -0.3 is 15.2 Å². The predicted molar refractivity (Wildman–Crippen MR) is 125 cm³/mol. The molecular formula is C26H34N2O3. The number of nitrogens with zero attached hydrogens (tertiary/aromatic N) is 1. The largest absolute Gasteiger partial charge is 0.497 e. The van der Waals surface area contributed by atoms with Gasteiger partial charge in [-0.25, -0.2) is 0 Å². The van der Waals surface area contributed by atoms with Crippen LogP contribution in [0.25, 0.3) is 6.08 Å². The lowest BCUT2D eigenvalue weighted by Crippen LogP contribution is -2.26. The lowest BCUT2D eigenvalue weighted by Gasteiger charge is -2.23. The van der Waals surface area contributed by atoms with Crippen molar-refractivity contribution in [1.29, 1.82) is 0 Å². The third-order valence-electron chi connectivity index (χ3n) is 5.44. The molecule has 0 radical (unpaired) electrons. The summed E-state index contributed by atoms with van der Waals surface area (Å²) in [7, 11) is 0. The maximum absolute atomic E-state index is 10.8. The van der Waals surface area contributed by atoms with Crippen LogP contribution in [0.3, 0.4) is 0 Å². The highest BCUT2D eigenvalue weighted by atomic mass is 16.5. The number of benzene rings is 1. The molecule has 2 aliphatic rings. The van der Waals surface area contributed by atoms with Crippen molar-refractivity contribution in [3.8, 4) is 5.75 Å². The zero-order valence-electron chi connectivity index (χ0n) is 18.3. The molecule has 2 heterocycles. The number of hydrogen-bond donors (Lipinski definition) is 1. The molecule has 0 aromatic heterocycles. The van der Waals surface area contributed by atoms with Gasteiger partial charge in [-0.2, -0.15) is 0 Å². The van der Waals surface area contributed by atoms with Crippen molar-refractivity contribution < 1.29 is 14.3 Å². The lowest BCUT2D eigenvalue weighted by molar-refractivity contribution is -0.118. The molecule has 0 saturated heterocycles. The maximum atomic E-state index is 10.8. The number of ether oxygens (including phenoxy) is 2. The van der Waals surface area contributed by atoms with E-state index in [1.54, 1.807) is 6.26 Å². The standard InChI is InChI=1S/C26H34N2O3/c27-26(29)10-4-2-1-3-5-15-28-20-22-9-8-17-30-16-6-7-18-31-25-14-12-23(21-28)19-24(25)13-11-22/h6-9,11-14,17,19H,1-5,10,15-16,18,20-21H2,(H2,27,29)/b7-6-,13-11-,17-8-,22-9+. The molecule has 31 heavy (non-hydrogen) atoms. The molecule has 0 fully saturated rings. The van der Waals surface area contributed by atoms with Crippen LogP contribution in [0.4, 0.5) is 0 Å². The van der Waals surface area contributed by atoms with Crippen LogP contribution < -0.4 is 10.5 Å². The Morgan fingerprint density at radius 2 is 1.84 bits per heavy atom. The summed E-state index contributed by atoms with van der Waals surface area (Å²) in [5.74, 6) is 0.708. The molecule has 166 valence electrons. The number of amides is 1. The number of carbonyl (C=O) groups is 1. The van der Waals surface area contributed by atoms with E-state index in [1.807, 2.05) is 18.2 Å². The van der Waals surface area contributed by atoms with Gasteiger partial charge in [0.15, 0.2) is 0 Å². The Hall–Kier alpha value is -2.79. The summed E-state index contributed by atoms with van der Waals surface area (Å²) in [4.78, 5) is 13.3. The van der Waals surface area contributed by atoms with Gasteiger partial charge in [0.2, 0.25) is 5.91 Å². The SMILES string of the molecule is NC(=O)CCCCCCCN1CC2=C/C=C\OC/C=C\COc3ccc(cc3/C=C\2)C1. The van der Waals surface area contributed by atoms with Crippen LogP contribution in [0.2, 0.25) is 0 Å². The van der Waals surface area contributed by atoms with Crippen molar-refractivity contribution >= 4 is 12.0 Å². The normalized spacial score (nSPS) is 21.4. The smallest absolute Gasteiger partial charge is 0.217 e. The van der Waals surface area contributed by atoms with Crippen LogP contribution in [0, 0.1) is 0 Å². The van der Waals surface area contributed by atoms with Gasteiger partial charge in [0, 0.05) is 25.1 Å². The highest BCUT2D eigenvalue weighted by molar-refractivity contribution is 5.73. The van der Waals surface area contributed by atoms with E-state index in [2.05, 4.69) is 41.3 Å². The monoisotopic (exact) mass is 422 g/mol. The lowest BCUT2D eigenvalue weighted by atomic mass is 10.1. The number of hydrogen-bond acceptors (Lipinski definition) is 4. The van der Waals surface area contributed by atoms with Crippen LogP contribution >= 0.6 is 0 Å². The van der Waals surface area contributed by atoms with E-state index in [0.29, 0.717) is 19.6 Å². The third kappa shape index (κ3) is 8.46. The summed E-state index contributed by atoms with van der Waals surface area (Å²) in [5, 5.41) is 0. The van der Waals surface area contributed by atoms with Crippen molar-refractivity contribution in [2.45, 2.75) is 45.1 Å². The Morgan fingerprint density at radius 3 is 2.74 bits per heavy atom. The molecule has 3 rings (SSSR count). The second kappa shape index (κ2) is 12.8. The van der Waals surface area contributed by atoms with E-state index in [0.717, 1.165) is 56.6 Å². The summed E-state index contributed by atoms with van der Waals surface area (Å²) >= 11 is 0. The number of allylic oxidation sites excluding steroid dienone is 2. The number of unbranched alkanes of at least 4 members (excludes halogenated alkanes) is 4. The van der Waals surface area contributed by atoms with Crippen molar-refractivity contribution in [2.24, 2.45) is 5.73 Å². The summed E-state index contributed by atoms with van der Waals surface area (Å²) < 4.78 is 11.5. The van der Waals surface area contributed by atoms with Gasteiger partial charge in [0.25, 0.3) is 0 Å². The van der Waals surface area contributed by atoms with Crippen LogP contribution in [-0.4, -0.2) is 37.1 Å². The molecule has 1 aromatic carbocycles. The fourth-order valence-electron chi connectivity index (χ4n) is 3.81. The Balaban J connectivity index is 1.66. The highest BCUT2D eigenvalue weighted by Crippen LogP contribution is 2.25. The van der Waals surface area contributed by atoms with E-state index < -0.39 is 0 Å². The molecule has 1 amide bonds. The zero-order chi connectivity index (χ0) is 21.7. The first-order chi connectivity index (χ1) is 15.2. The molecule has 0 atom stereocenters. The molecule has 2 aliphatic heterocycles. The van der Waals surface area contributed by atoms with Gasteiger partial charge in [-0.3, -0.25) is 9.69 Å². The van der Waals surface area contributed by atoms with Gasteiger partial charge in [-0.1, -0.05) is 43.6 Å². The molecule has 0 aliphatic carbocycles. The van der Waals surface area contributed by atoms with Crippen molar-refractivity contribution in [3.63, 3.8) is 0 Å². The first-order valence-electron chi connectivity index (χ1n) is 11.3. The van der Waals surface area contributed by atoms with Crippen LogP contribution in [0.15, 0.2) is 60.4 Å². The first-order valence-corrected chi connectivity index (χ1v) is 11.3. The molecule has 0 saturated carbocycles. The minimum Gasteiger partial charge on any atom is -0.497 e. The molecule has 5 nitrogen and oxygen atoms in total. The van der Waals surface area contributed by atoms with Crippen LogP contribution in [-0.2, 0) is 16.1 Å². The second-order valence-corrected chi connectivity index (χ2v) is 8.09. The molecule has 2 N–H and O–H groups in total. The van der Waals surface area contributed by atoms with E-state index in [4.69, 9.17) is 15.2 Å². The van der Waals surface area contributed by atoms with Gasteiger partial charge in [-0.15, -0.1) is 0 Å². The molecule has 1 aromatic rings. The number of nitrogens with two attached hydrogens (primary N) is 1. The predicted octanol–water partition coefficient (Wildman–Crippen LogP) is 4.75. The quantitative estimate of drug-likeness (QED) is 0.485. The Bertz CT molecular complexity index is 839. The fraction of sp³-hybridized carbons (Fsp3) is 0.423. The Labute approximate surface area is 185 Å². The van der Waals surface area contributed by atoms with Gasteiger partial charge in [0.05, 0.1) is 6.26 Å². The fourth-order valence-corrected chi connectivity index (χ4v) is 3.81. The van der Waals surface area contributed by atoms with Gasteiger partial charge >= 0.3 is 0 Å². The first kappa shape index (κ1) is 22.9. The minimum atomic E-state index is -0.197. The average molecular weight is 423 g/mol. The third-order valence-corrected chi connectivity index (χ3v) is 5.44. The number of primary amides is 1. The van der Waals surface area contributed by atoms with Crippen LogP contribution in [0.1, 0.15) is 49.7 Å². The summed E-state index contributed by atoms with van der Waals surface area (Å²) in [6, 6.07) is 6.49. The maximum Gasteiger partial charge on any atom is 0.217 e. The number of rotatable bonds is 8. The summed E-state index contributed by atoms with van der Waals surface area (Å²) in [6.45, 7) is 3.90. The van der Waals surface area contributed by atoms with E-state index in [-0.39, 0.29) is 5.91 Å². The van der Waals surface area contributed by atoms with E-state index in [1.165, 1.54) is 17.6 Å². The molecule has 0 unspecified atom stereocenters. The Morgan fingerprint density at radius 1 is 1.00 bits per heavy atom. The Kier molecular flexibility index (Phi) is 9.45. The molecule has 5 heteroatoms. The number of carbonyl (C=O) groups excluding carboxylic acids is 1. The van der Waals surface area contributed by atoms with E-state index >= 15 is 0 Å². The van der Waals surface area contributed by atoms with Crippen LogP contribution in [0.5, 0.6) is 5.75 Å². The number of fused-ring (bicyclic) bond motifs is 2. The van der Waals surface area contributed by atoms with Crippen molar-refractivity contribution in [3.05, 3.63) is 71.5 Å². The van der Waals surface area contributed by atoms with Gasteiger partial charge in [-0.05, 0) is 60.9 Å². The van der Waals surface area contributed by atoms with Gasteiger partial charge in [0.1, 0.15) is 19.0 Å². The summed E-state index contributed by atoms with van der Waals surface area (Å²) in [5.41, 5.74) is 8.86. The van der Waals surface area contributed by atoms with E-state index in [9.17, 15) is 4.79 Å². The molecular weight excluding hydrogens is 388 g/mol. The van der Waals surface area contributed by atoms with Crippen molar-refractivity contribution in [2.75, 3.05) is 26.3 Å². The summed E-state index contributed by atoms with van der Waals surface area (Å²) in [6.07, 6.45) is 20.1. The second-order valence-electron chi connectivity index (χ2n) is 8.09. The molecule has 3 bridgehead atoms. The minimum absolute atomic E-state index is 0.197. The van der Waals surface area contributed by atoms with Crippen molar-refractivity contribution in [1.82, 2.24) is 4.90 Å². The average Bonchev–Trinajstić information content (AvgIpc) is 2.81. The zero-order valence-corrected chi connectivity index (χ0v) is 18.3. The molecule has 0 spiro atoms. The topological polar surface area (TPSA) is 64.8 Å².